The molecule has 0 aromatic heterocycles. The Bertz CT molecular complexity index is 621. The van der Waals surface area contributed by atoms with Crippen LogP contribution >= 0.6 is 0 Å². The van der Waals surface area contributed by atoms with E-state index in [1.165, 1.54) is 43.9 Å². The summed E-state index contributed by atoms with van der Waals surface area (Å²) < 4.78 is 13.3. The van der Waals surface area contributed by atoms with E-state index in [1.807, 2.05) is 0 Å². The summed E-state index contributed by atoms with van der Waals surface area (Å²) in [6.45, 7) is 0.903. The molecule has 4 heteroatoms. The fourth-order valence-corrected chi connectivity index (χ4v) is 2.90. The van der Waals surface area contributed by atoms with Gasteiger partial charge in [0, 0.05) is 12.1 Å². The standard InChI is InChI=1S/C17H19FN2O/c18-14-5-6-15(12(10-14)2-1-9-19)16(21)20-11-17(7-8-17)13-3-4-13/h5-6,10,13H,3-4,7-9,11,19H2,(H,20,21). The topological polar surface area (TPSA) is 55.1 Å². The fraction of sp³-hybridized carbons (Fsp3) is 0.471. The van der Waals surface area contributed by atoms with Crippen LogP contribution in [0.2, 0.25) is 0 Å². The van der Waals surface area contributed by atoms with Gasteiger partial charge in [-0.25, -0.2) is 4.39 Å². The van der Waals surface area contributed by atoms with Gasteiger partial charge < -0.3 is 11.1 Å². The first-order valence-electron chi connectivity index (χ1n) is 7.41. The molecular weight excluding hydrogens is 267 g/mol. The van der Waals surface area contributed by atoms with Gasteiger partial charge in [-0.05, 0) is 55.2 Å². The van der Waals surface area contributed by atoms with Gasteiger partial charge in [0.05, 0.1) is 12.1 Å². The highest BCUT2D eigenvalue weighted by atomic mass is 19.1. The molecule has 3 nitrogen and oxygen atoms in total. The van der Waals surface area contributed by atoms with Crippen molar-refractivity contribution in [2.24, 2.45) is 17.1 Å². The average Bonchev–Trinajstić information content (AvgIpc) is 3.35. The third-order valence-corrected chi connectivity index (χ3v) is 4.49. The number of nitrogens with two attached hydrogens (primary N) is 1. The van der Waals surface area contributed by atoms with Gasteiger partial charge in [-0.3, -0.25) is 4.79 Å². The van der Waals surface area contributed by atoms with Crippen LogP contribution in [0.5, 0.6) is 0 Å². The summed E-state index contributed by atoms with van der Waals surface area (Å²) in [5.41, 5.74) is 6.50. The lowest BCUT2D eigenvalue weighted by Crippen LogP contribution is -2.31. The van der Waals surface area contributed by atoms with Crippen molar-refractivity contribution in [2.75, 3.05) is 13.1 Å². The van der Waals surface area contributed by atoms with Crippen LogP contribution in [0.1, 0.15) is 41.6 Å². The lowest BCUT2D eigenvalue weighted by atomic mass is 10.00. The highest BCUT2D eigenvalue weighted by Gasteiger charge is 2.53. The minimum absolute atomic E-state index is 0.178. The molecular formula is C17H19FN2O. The van der Waals surface area contributed by atoms with Gasteiger partial charge in [-0.1, -0.05) is 11.8 Å². The Balaban J connectivity index is 1.71. The second-order valence-corrected chi connectivity index (χ2v) is 6.02. The van der Waals surface area contributed by atoms with Crippen molar-refractivity contribution in [3.63, 3.8) is 0 Å². The summed E-state index contributed by atoms with van der Waals surface area (Å²) in [5.74, 6) is 5.66. The van der Waals surface area contributed by atoms with E-state index in [2.05, 4.69) is 17.2 Å². The Morgan fingerprint density at radius 1 is 1.43 bits per heavy atom. The summed E-state index contributed by atoms with van der Waals surface area (Å²) >= 11 is 0. The van der Waals surface area contributed by atoms with Gasteiger partial charge >= 0.3 is 0 Å². The van der Waals surface area contributed by atoms with E-state index in [0.29, 0.717) is 16.5 Å². The largest absolute Gasteiger partial charge is 0.351 e. The molecule has 0 heterocycles. The molecule has 0 aliphatic heterocycles. The summed E-state index contributed by atoms with van der Waals surface area (Å²) in [5, 5.41) is 3.00. The van der Waals surface area contributed by atoms with Crippen molar-refractivity contribution in [1.29, 1.82) is 0 Å². The first-order chi connectivity index (χ1) is 10.1. The number of rotatable bonds is 4. The summed E-state index contributed by atoms with van der Waals surface area (Å²) in [6, 6.07) is 4.06. The number of carbonyl (C=O) groups is 1. The van der Waals surface area contributed by atoms with Crippen LogP contribution in [0.25, 0.3) is 0 Å². The summed E-state index contributed by atoms with van der Waals surface area (Å²) in [6.07, 6.45) is 5.00. The molecule has 2 aliphatic rings. The number of carbonyl (C=O) groups excluding carboxylic acids is 1. The SMILES string of the molecule is NCC#Cc1cc(F)ccc1C(=O)NCC1(C2CC2)CC1. The number of amides is 1. The molecule has 21 heavy (non-hydrogen) atoms. The maximum absolute atomic E-state index is 13.3. The van der Waals surface area contributed by atoms with Crippen LogP contribution in [0.4, 0.5) is 4.39 Å². The van der Waals surface area contributed by atoms with Crippen LogP contribution in [0.15, 0.2) is 18.2 Å². The molecule has 2 saturated carbocycles. The number of nitrogens with one attached hydrogen (secondary N) is 1. The quantitative estimate of drug-likeness (QED) is 0.832. The molecule has 0 atom stereocenters. The van der Waals surface area contributed by atoms with Gasteiger partial charge in [0.25, 0.3) is 5.91 Å². The van der Waals surface area contributed by atoms with Crippen LogP contribution in [-0.2, 0) is 0 Å². The predicted molar refractivity (Wildman–Crippen MR) is 79.1 cm³/mol. The Morgan fingerprint density at radius 2 is 2.19 bits per heavy atom. The first kappa shape index (κ1) is 14.1. The van der Waals surface area contributed by atoms with E-state index in [4.69, 9.17) is 5.73 Å². The molecule has 110 valence electrons. The van der Waals surface area contributed by atoms with E-state index in [9.17, 15) is 9.18 Å². The van der Waals surface area contributed by atoms with Crippen molar-refractivity contribution in [3.8, 4) is 11.8 Å². The van der Waals surface area contributed by atoms with E-state index in [1.54, 1.807) is 0 Å². The lowest BCUT2D eigenvalue weighted by molar-refractivity contribution is 0.0942. The molecule has 3 rings (SSSR count). The molecule has 0 bridgehead atoms. The van der Waals surface area contributed by atoms with Crippen molar-refractivity contribution < 1.29 is 9.18 Å². The van der Waals surface area contributed by atoms with Crippen LogP contribution in [0.3, 0.4) is 0 Å². The monoisotopic (exact) mass is 286 g/mol. The molecule has 0 spiro atoms. The van der Waals surface area contributed by atoms with Crippen molar-refractivity contribution >= 4 is 5.91 Å². The summed E-state index contributed by atoms with van der Waals surface area (Å²) in [4.78, 5) is 12.3. The third-order valence-electron chi connectivity index (χ3n) is 4.49. The molecule has 1 aromatic rings. The smallest absolute Gasteiger partial charge is 0.252 e. The first-order valence-corrected chi connectivity index (χ1v) is 7.41. The number of benzene rings is 1. The van der Waals surface area contributed by atoms with E-state index in [0.717, 1.165) is 12.5 Å². The number of halogens is 1. The zero-order chi connectivity index (χ0) is 14.9. The molecule has 2 fully saturated rings. The Morgan fingerprint density at radius 3 is 2.81 bits per heavy atom. The maximum Gasteiger partial charge on any atom is 0.252 e. The van der Waals surface area contributed by atoms with E-state index in [-0.39, 0.29) is 12.5 Å². The highest BCUT2D eigenvalue weighted by Crippen LogP contribution is 2.60. The predicted octanol–water partition coefficient (Wildman–Crippen LogP) is 2.06. The second-order valence-electron chi connectivity index (χ2n) is 6.02. The Kier molecular flexibility index (Phi) is 3.69. The van der Waals surface area contributed by atoms with Gasteiger partial charge in [-0.2, -0.15) is 0 Å². The van der Waals surface area contributed by atoms with Crippen LogP contribution < -0.4 is 11.1 Å². The minimum Gasteiger partial charge on any atom is -0.351 e. The molecule has 1 aromatic carbocycles. The van der Waals surface area contributed by atoms with Gasteiger partial charge in [0.15, 0.2) is 0 Å². The van der Waals surface area contributed by atoms with Gasteiger partial charge in [0.2, 0.25) is 0 Å². The highest BCUT2D eigenvalue weighted by molar-refractivity contribution is 5.96. The lowest BCUT2D eigenvalue weighted by Gasteiger charge is -2.15. The fourth-order valence-electron chi connectivity index (χ4n) is 2.90. The van der Waals surface area contributed by atoms with Gasteiger partial charge in [-0.15, -0.1) is 0 Å². The molecule has 3 N–H and O–H groups in total. The summed E-state index contributed by atoms with van der Waals surface area (Å²) in [7, 11) is 0. The third kappa shape index (κ3) is 3.08. The van der Waals surface area contributed by atoms with Crippen molar-refractivity contribution in [1.82, 2.24) is 5.32 Å². The normalized spacial score (nSPS) is 18.6. The van der Waals surface area contributed by atoms with Crippen molar-refractivity contribution in [3.05, 3.63) is 35.1 Å². The van der Waals surface area contributed by atoms with Crippen molar-refractivity contribution in [2.45, 2.75) is 25.7 Å². The van der Waals surface area contributed by atoms with Gasteiger partial charge in [0.1, 0.15) is 5.82 Å². The molecule has 2 aliphatic carbocycles. The minimum atomic E-state index is -0.399. The second kappa shape index (κ2) is 5.50. The number of hydrogen-bond donors (Lipinski definition) is 2. The number of hydrogen-bond acceptors (Lipinski definition) is 2. The molecule has 0 unspecified atom stereocenters. The van der Waals surface area contributed by atoms with E-state index < -0.39 is 5.82 Å². The molecule has 0 saturated heterocycles. The zero-order valence-corrected chi connectivity index (χ0v) is 11.9. The van der Waals surface area contributed by atoms with Crippen LogP contribution in [0, 0.1) is 29.0 Å². The Hall–Kier alpha value is -1.86. The maximum atomic E-state index is 13.3. The average molecular weight is 286 g/mol. The van der Waals surface area contributed by atoms with E-state index >= 15 is 0 Å². The molecule has 1 amide bonds. The Labute approximate surface area is 124 Å². The molecule has 0 radical (unpaired) electrons. The van der Waals surface area contributed by atoms with Crippen LogP contribution in [-0.4, -0.2) is 19.0 Å². The zero-order valence-electron chi connectivity index (χ0n) is 11.9.